The first-order valence-electron chi connectivity index (χ1n) is 6.09. The SMILES string of the molecule is CCC(=CCNCC1(C)CCC1)C(=O)OC. The third-order valence-corrected chi connectivity index (χ3v) is 3.43. The standard InChI is InChI=1S/C13H23NO2/c1-4-11(12(15)16-3)6-9-14-10-13(2)7-5-8-13/h6,14H,4-5,7-10H2,1-3H3. The molecule has 3 heteroatoms. The molecule has 0 atom stereocenters. The van der Waals surface area contributed by atoms with Gasteiger partial charge in [0.05, 0.1) is 7.11 Å². The van der Waals surface area contributed by atoms with Gasteiger partial charge >= 0.3 is 5.97 Å². The Kier molecular flexibility index (Phi) is 5.00. The van der Waals surface area contributed by atoms with Gasteiger partial charge in [-0.3, -0.25) is 0 Å². The third kappa shape index (κ3) is 3.63. The maximum atomic E-state index is 11.3. The van der Waals surface area contributed by atoms with E-state index in [0.29, 0.717) is 5.41 Å². The molecule has 92 valence electrons. The van der Waals surface area contributed by atoms with E-state index in [0.717, 1.165) is 25.1 Å². The van der Waals surface area contributed by atoms with Crippen LogP contribution >= 0.6 is 0 Å². The van der Waals surface area contributed by atoms with Crippen LogP contribution in [0, 0.1) is 5.41 Å². The molecule has 0 amide bonds. The lowest BCUT2D eigenvalue weighted by atomic mass is 9.70. The molecule has 16 heavy (non-hydrogen) atoms. The zero-order valence-corrected chi connectivity index (χ0v) is 10.6. The minimum atomic E-state index is -0.209. The quantitative estimate of drug-likeness (QED) is 0.428. The van der Waals surface area contributed by atoms with Crippen molar-refractivity contribution in [2.45, 2.75) is 39.5 Å². The minimum Gasteiger partial charge on any atom is -0.466 e. The van der Waals surface area contributed by atoms with Crippen LogP contribution in [-0.2, 0) is 9.53 Å². The second-order valence-electron chi connectivity index (χ2n) is 4.87. The number of carbonyl (C=O) groups is 1. The number of ether oxygens (including phenoxy) is 1. The molecular formula is C13H23NO2. The normalized spacial score (nSPS) is 19.1. The van der Waals surface area contributed by atoms with Gasteiger partial charge in [-0.2, -0.15) is 0 Å². The number of methoxy groups -OCH3 is 1. The molecule has 1 aliphatic rings. The zero-order chi connectivity index (χ0) is 12.0. The van der Waals surface area contributed by atoms with E-state index in [1.807, 2.05) is 13.0 Å². The molecule has 0 unspecified atom stereocenters. The summed E-state index contributed by atoms with van der Waals surface area (Å²) in [6.07, 6.45) is 6.67. The number of esters is 1. The van der Waals surface area contributed by atoms with E-state index in [-0.39, 0.29) is 5.97 Å². The van der Waals surface area contributed by atoms with Crippen molar-refractivity contribution in [3.8, 4) is 0 Å². The molecule has 1 aliphatic carbocycles. The van der Waals surface area contributed by atoms with Gasteiger partial charge in [-0.05, 0) is 24.7 Å². The molecular weight excluding hydrogens is 202 g/mol. The van der Waals surface area contributed by atoms with Crippen LogP contribution in [0.15, 0.2) is 11.6 Å². The lowest BCUT2D eigenvalue weighted by molar-refractivity contribution is -0.136. The molecule has 1 saturated carbocycles. The van der Waals surface area contributed by atoms with Crippen LogP contribution in [0.1, 0.15) is 39.5 Å². The van der Waals surface area contributed by atoms with Crippen molar-refractivity contribution >= 4 is 5.97 Å². The molecule has 0 radical (unpaired) electrons. The smallest absolute Gasteiger partial charge is 0.333 e. The minimum absolute atomic E-state index is 0.209. The number of carbonyl (C=O) groups excluding carboxylic acids is 1. The van der Waals surface area contributed by atoms with Crippen LogP contribution in [0.4, 0.5) is 0 Å². The van der Waals surface area contributed by atoms with Crippen LogP contribution in [0.2, 0.25) is 0 Å². The lowest BCUT2D eigenvalue weighted by Gasteiger charge is -2.38. The first-order chi connectivity index (χ1) is 7.61. The molecule has 1 fully saturated rings. The fourth-order valence-electron chi connectivity index (χ4n) is 2.03. The van der Waals surface area contributed by atoms with E-state index in [2.05, 4.69) is 12.2 Å². The Hall–Kier alpha value is -0.830. The molecule has 0 aromatic carbocycles. The fraction of sp³-hybridized carbons (Fsp3) is 0.769. The van der Waals surface area contributed by atoms with Gasteiger partial charge in [-0.1, -0.05) is 26.3 Å². The van der Waals surface area contributed by atoms with Gasteiger partial charge in [-0.15, -0.1) is 0 Å². The van der Waals surface area contributed by atoms with Crippen LogP contribution in [0.3, 0.4) is 0 Å². The Balaban J connectivity index is 2.26. The summed E-state index contributed by atoms with van der Waals surface area (Å²) < 4.78 is 4.70. The molecule has 3 nitrogen and oxygen atoms in total. The van der Waals surface area contributed by atoms with Gasteiger partial charge < -0.3 is 10.1 Å². The monoisotopic (exact) mass is 225 g/mol. The first kappa shape index (κ1) is 13.2. The van der Waals surface area contributed by atoms with Gasteiger partial charge in [0.25, 0.3) is 0 Å². The number of hydrogen-bond acceptors (Lipinski definition) is 3. The highest BCUT2D eigenvalue weighted by atomic mass is 16.5. The van der Waals surface area contributed by atoms with Gasteiger partial charge in [0.1, 0.15) is 0 Å². The summed E-state index contributed by atoms with van der Waals surface area (Å²) in [7, 11) is 1.43. The predicted octanol–water partition coefficient (Wildman–Crippen LogP) is 2.28. The van der Waals surface area contributed by atoms with Crippen LogP contribution < -0.4 is 5.32 Å². The molecule has 0 spiro atoms. The number of hydrogen-bond donors (Lipinski definition) is 1. The van der Waals surface area contributed by atoms with E-state index in [4.69, 9.17) is 4.74 Å². The Bertz CT molecular complexity index is 267. The average molecular weight is 225 g/mol. The summed E-state index contributed by atoms with van der Waals surface area (Å²) in [4.78, 5) is 11.3. The molecule has 0 aliphatic heterocycles. The maximum Gasteiger partial charge on any atom is 0.333 e. The van der Waals surface area contributed by atoms with Gasteiger partial charge in [0.15, 0.2) is 0 Å². The fourth-order valence-corrected chi connectivity index (χ4v) is 2.03. The van der Waals surface area contributed by atoms with Gasteiger partial charge in [-0.25, -0.2) is 4.79 Å². The van der Waals surface area contributed by atoms with Crippen molar-refractivity contribution in [2.24, 2.45) is 5.41 Å². The summed E-state index contributed by atoms with van der Waals surface area (Å²) in [6, 6.07) is 0. The first-order valence-corrected chi connectivity index (χ1v) is 6.09. The molecule has 1 N–H and O–H groups in total. The summed E-state index contributed by atoms with van der Waals surface area (Å²) in [5, 5.41) is 3.39. The number of rotatable bonds is 6. The maximum absolute atomic E-state index is 11.3. The zero-order valence-electron chi connectivity index (χ0n) is 10.6. The molecule has 0 bridgehead atoms. The van der Waals surface area contributed by atoms with E-state index in [1.54, 1.807) is 0 Å². The summed E-state index contributed by atoms with van der Waals surface area (Å²) in [6.45, 7) is 6.08. The second kappa shape index (κ2) is 6.04. The van der Waals surface area contributed by atoms with Crippen molar-refractivity contribution in [3.05, 3.63) is 11.6 Å². The molecule has 0 heterocycles. The van der Waals surface area contributed by atoms with E-state index in [1.165, 1.54) is 26.4 Å². The van der Waals surface area contributed by atoms with E-state index in [9.17, 15) is 4.79 Å². The lowest BCUT2D eigenvalue weighted by Crippen LogP contribution is -2.37. The van der Waals surface area contributed by atoms with Crippen molar-refractivity contribution in [2.75, 3.05) is 20.2 Å². The Morgan fingerprint density at radius 2 is 2.19 bits per heavy atom. The number of nitrogens with one attached hydrogen (secondary N) is 1. The third-order valence-electron chi connectivity index (χ3n) is 3.43. The molecule has 0 aromatic rings. The second-order valence-corrected chi connectivity index (χ2v) is 4.87. The van der Waals surface area contributed by atoms with Crippen molar-refractivity contribution in [1.29, 1.82) is 0 Å². The van der Waals surface area contributed by atoms with Crippen LogP contribution in [-0.4, -0.2) is 26.2 Å². The van der Waals surface area contributed by atoms with Crippen molar-refractivity contribution in [3.63, 3.8) is 0 Å². The van der Waals surface area contributed by atoms with Crippen molar-refractivity contribution in [1.82, 2.24) is 5.32 Å². The van der Waals surface area contributed by atoms with Crippen LogP contribution in [0.5, 0.6) is 0 Å². The highest BCUT2D eigenvalue weighted by Crippen LogP contribution is 2.39. The Labute approximate surface area is 98.2 Å². The highest BCUT2D eigenvalue weighted by Gasteiger charge is 2.30. The summed E-state index contributed by atoms with van der Waals surface area (Å²) >= 11 is 0. The van der Waals surface area contributed by atoms with Gasteiger partial charge in [0.2, 0.25) is 0 Å². The Morgan fingerprint density at radius 1 is 1.50 bits per heavy atom. The van der Waals surface area contributed by atoms with Crippen molar-refractivity contribution < 1.29 is 9.53 Å². The average Bonchev–Trinajstić information content (AvgIpc) is 2.26. The summed E-state index contributed by atoms with van der Waals surface area (Å²) in [5.41, 5.74) is 1.25. The Morgan fingerprint density at radius 3 is 2.62 bits per heavy atom. The van der Waals surface area contributed by atoms with E-state index < -0.39 is 0 Å². The predicted molar refractivity (Wildman–Crippen MR) is 65.2 cm³/mol. The summed E-state index contributed by atoms with van der Waals surface area (Å²) in [5.74, 6) is -0.209. The van der Waals surface area contributed by atoms with Crippen LogP contribution in [0.25, 0.3) is 0 Å². The van der Waals surface area contributed by atoms with Gasteiger partial charge in [0, 0.05) is 18.7 Å². The molecule has 1 rings (SSSR count). The molecule has 0 aromatic heterocycles. The largest absolute Gasteiger partial charge is 0.466 e. The van der Waals surface area contributed by atoms with E-state index >= 15 is 0 Å². The highest BCUT2D eigenvalue weighted by molar-refractivity contribution is 5.88. The molecule has 0 saturated heterocycles. The topological polar surface area (TPSA) is 38.3 Å².